The van der Waals surface area contributed by atoms with Crippen LogP contribution in [0.3, 0.4) is 0 Å². The van der Waals surface area contributed by atoms with Gasteiger partial charge in [-0.3, -0.25) is 10.2 Å². The molecular formula is C18H24N4O3. The number of rotatable bonds is 5. The lowest BCUT2D eigenvalue weighted by Crippen LogP contribution is -2.46. The van der Waals surface area contributed by atoms with Crippen molar-refractivity contribution >= 4 is 17.5 Å². The molecule has 0 aliphatic carbocycles. The van der Waals surface area contributed by atoms with Gasteiger partial charge in [-0.2, -0.15) is 0 Å². The zero-order valence-corrected chi connectivity index (χ0v) is 14.2. The smallest absolute Gasteiger partial charge is 0.222 e. The van der Waals surface area contributed by atoms with E-state index in [1.165, 1.54) is 0 Å². The maximum absolute atomic E-state index is 12.1. The van der Waals surface area contributed by atoms with Crippen molar-refractivity contribution in [2.24, 2.45) is 10.9 Å². The van der Waals surface area contributed by atoms with Crippen LogP contribution in [-0.2, 0) is 9.63 Å². The van der Waals surface area contributed by atoms with Crippen LogP contribution in [-0.4, -0.2) is 52.8 Å². The fourth-order valence-corrected chi connectivity index (χ4v) is 3.34. The first-order chi connectivity index (χ1) is 12.0. The summed E-state index contributed by atoms with van der Waals surface area (Å²) in [5.41, 5.74) is 7.72. The van der Waals surface area contributed by atoms with Crippen LogP contribution in [0.4, 0.5) is 0 Å². The third-order valence-corrected chi connectivity index (χ3v) is 4.94. The summed E-state index contributed by atoms with van der Waals surface area (Å²) in [5, 5.41) is 20.6. The van der Waals surface area contributed by atoms with Gasteiger partial charge in [0, 0.05) is 50.9 Å². The van der Waals surface area contributed by atoms with E-state index in [0.29, 0.717) is 31.5 Å². The third-order valence-electron chi connectivity index (χ3n) is 4.94. The summed E-state index contributed by atoms with van der Waals surface area (Å²) in [4.78, 5) is 19.7. The van der Waals surface area contributed by atoms with E-state index in [9.17, 15) is 4.79 Å². The summed E-state index contributed by atoms with van der Waals surface area (Å²) in [6.07, 6.45) is 3.16. The molecule has 1 aromatic rings. The summed E-state index contributed by atoms with van der Waals surface area (Å²) in [6.45, 7) is 1.37. The van der Waals surface area contributed by atoms with Gasteiger partial charge in [0.05, 0.1) is 5.71 Å². The summed E-state index contributed by atoms with van der Waals surface area (Å²) < 4.78 is 0. The number of amidine groups is 1. The Bertz CT molecular complexity index is 676. The second-order valence-corrected chi connectivity index (χ2v) is 6.69. The molecule has 0 radical (unpaired) electrons. The number of nitrogen functional groups attached to an aromatic ring is 1. The largest absolute Gasteiger partial charge is 0.396 e. The predicted molar refractivity (Wildman–Crippen MR) is 94.6 cm³/mol. The van der Waals surface area contributed by atoms with E-state index in [2.05, 4.69) is 5.16 Å². The van der Waals surface area contributed by atoms with Crippen molar-refractivity contribution in [3.63, 3.8) is 0 Å². The first-order valence-electron chi connectivity index (χ1n) is 8.61. The molecule has 1 amide bonds. The topological polar surface area (TPSA) is 112 Å². The van der Waals surface area contributed by atoms with Gasteiger partial charge in [0.15, 0.2) is 0 Å². The number of likely N-dealkylation sites (tertiary alicyclic amines) is 1. The molecule has 0 bridgehead atoms. The van der Waals surface area contributed by atoms with E-state index in [-0.39, 0.29) is 24.0 Å². The van der Waals surface area contributed by atoms with Crippen molar-refractivity contribution in [3.05, 3.63) is 35.4 Å². The number of aliphatic hydroxyl groups excluding tert-OH is 1. The van der Waals surface area contributed by atoms with Crippen molar-refractivity contribution in [2.75, 3.05) is 19.7 Å². The number of nitrogens with one attached hydrogen (secondary N) is 1. The SMILES string of the molecule is N=C(N)c1ccc(C2=NOC3(CCN(C(=O)CCCO)CC3)C2)cc1. The van der Waals surface area contributed by atoms with E-state index < -0.39 is 0 Å². The monoisotopic (exact) mass is 344 g/mol. The van der Waals surface area contributed by atoms with Gasteiger partial charge in [-0.25, -0.2) is 0 Å². The van der Waals surface area contributed by atoms with Gasteiger partial charge < -0.3 is 20.6 Å². The Morgan fingerprint density at radius 3 is 2.60 bits per heavy atom. The van der Waals surface area contributed by atoms with Crippen molar-refractivity contribution in [3.8, 4) is 0 Å². The van der Waals surface area contributed by atoms with E-state index in [1.807, 2.05) is 29.2 Å². The first-order valence-corrected chi connectivity index (χ1v) is 8.61. The lowest BCUT2D eigenvalue weighted by molar-refractivity contribution is -0.137. The maximum atomic E-state index is 12.1. The van der Waals surface area contributed by atoms with Crippen LogP contribution in [0.1, 0.15) is 43.2 Å². The molecule has 7 heteroatoms. The number of amides is 1. The summed E-state index contributed by atoms with van der Waals surface area (Å²) in [7, 11) is 0. The second kappa shape index (κ2) is 7.23. The zero-order valence-electron chi connectivity index (χ0n) is 14.2. The van der Waals surface area contributed by atoms with Crippen LogP contribution in [0.2, 0.25) is 0 Å². The molecule has 2 heterocycles. The molecule has 1 fully saturated rings. The predicted octanol–water partition coefficient (Wildman–Crippen LogP) is 1.23. The Hall–Kier alpha value is -2.41. The molecule has 0 saturated carbocycles. The molecule has 1 aromatic carbocycles. The average Bonchev–Trinajstić information content (AvgIpc) is 3.04. The highest BCUT2D eigenvalue weighted by molar-refractivity contribution is 6.03. The lowest BCUT2D eigenvalue weighted by Gasteiger charge is -2.37. The average molecular weight is 344 g/mol. The number of nitrogens with zero attached hydrogens (tertiary/aromatic N) is 2. The Balaban J connectivity index is 1.57. The molecule has 7 nitrogen and oxygen atoms in total. The molecule has 0 aromatic heterocycles. The normalized spacial score (nSPS) is 18.8. The second-order valence-electron chi connectivity index (χ2n) is 6.69. The number of oxime groups is 1. The van der Waals surface area contributed by atoms with Crippen LogP contribution >= 0.6 is 0 Å². The molecule has 0 unspecified atom stereocenters. The molecule has 0 atom stereocenters. The van der Waals surface area contributed by atoms with Crippen LogP contribution in [0, 0.1) is 5.41 Å². The molecular weight excluding hydrogens is 320 g/mol. The van der Waals surface area contributed by atoms with Gasteiger partial charge in [0.1, 0.15) is 11.4 Å². The number of piperidine rings is 1. The summed E-state index contributed by atoms with van der Waals surface area (Å²) in [6, 6.07) is 7.44. The highest BCUT2D eigenvalue weighted by Gasteiger charge is 2.42. The highest BCUT2D eigenvalue weighted by Crippen LogP contribution is 2.36. The number of benzene rings is 1. The van der Waals surface area contributed by atoms with Crippen molar-refractivity contribution in [1.82, 2.24) is 4.90 Å². The van der Waals surface area contributed by atoms with Crippen LogP contribution in [0.5, 0.6) is 0 Å². The number of hydrogen-bond acceptors (Lipinski definition) is 5. The molecule has 2 aliphatic rings. The van der Waals surface area contributed by atoms with Crippen LogP contribution in [0.15, 0.2) is 29.4 Å². The van der Waals surface area contributed by atoms with Gasteiger partial charge in [-0.05, 0) is 12.0 Å². The number of nitrogens with two attached hydrogens (primary N) is 1. The molecule has 2 aliphatic heterocycles. The summed E-state index contributed by atoms with van der Waals surface area (Å²) in [5.74, 6) is 0.147. The van der Waals surface area contributed by atoms with E-state index >= 15 is 0 Å². The molecule has 3 rings (SSSR count). The third kappa shape index (κ3) is 3.82. The quantitative estimate of drug-likeness (QED) is 0.551. The minimum absolute atomic E-state index is 0.0471. The summed E-state index contributed by atoms with van der Waals surface area (Å²) >= 11 is 0. The number of carbonyl (C=O) groups excluding carboxylic acids is 1. The van der Waals surface area contributed by atoms with Gasteiger partial charge >= 0.3 is 0 Å². The maximum Gasteiger partial charge on any atom is 0.222 e. The fourth-order valence-electron chi connectivity index (χ4n) is 3.34. The fraction of sp³-hybridized carbons (Fsp3) is 0.500. The minimum atomic E-state index is -0.317. The number of aliphatic hydroxyl groups is 1. The van der Waals surface area contributed by atoms with Crippen LogP contribution in [0.25, 0.3) is 0 Å². The highest BCUT2D eigenvalue weighted by atomic mass is 16.7. The molecule has 1 saturated heterocycles. The first kappa shape index (κ1) is 17.4. The van der Waals surface area contributed by atoms with Crippen molar-refractivity contribution < 1.29 is 14.7 Å². The van der Waals surface area contributed by atoms with Gasteiger partial charge in [0.25, 0.3) is 0 Å². The molecule has 4 N–H and O–H groups in total. The van der Waals surface area contributed by atoms with E-state index in [4.69, 9.17) is 21.1 Å². The van der Waals surface area contributed by atoms with Crippen molar-refractivity contribution in [1.29, 1.82) is 5.41 Å². The van der Waals surface area contributed by atoms with Gasteiger partial charge in [-0.1, -0.05) is 29.4 Å². The molecule has 1 spiro atoms. The number of hydrogen-bond donors (Lipinski definition) is 3. The molecule has 134 valence electrons. The Morgan fingerprint density at radius 2 is 2.00 bits per heavy atom. The Morgan fingerprint density at radius 1 is 1.32 bits per heavy atom. The van der Waals surface area contributed by atoms with Crippen molar-refractivity contribution in [2.45, 2.75) is 37.7 Å². The van der Waals surface area contributed by atoms with Crippen LogP contribution < -0.4 is 5.73 Å². The van der Waals surface area contributed by atoms with E-state index in [1.54, 1.807) is 0 Å². The lowest BCUT2D eigenvalue weighted by atomic mass is 9.85. The Kier molecular flexibility index (Phi) is 5.03. The zero-order chi connectivity index (χ0) is 17.9. The van der Waals surface area contributed by atoms with Gasteiger partial charge in [0.2, 0.25) is 5.91 Å². The molecule has 25 heavy (non-hydrogen) atoms. The standard InChI is InChI=1S/C18H24N4O3/c19-17(20)14-5-3-13(4-6-14)15-12-18(25-21-15)7-9-22(10-8-18)16(24)2-1-11-23/h3-6,23H,1-2,7-12H2,(H3,19,20). The minimum Gasteiger partial charge on any atom is -0.396 e. The number of carbonyl (C=O) groups is 1. The van der Waals surface area contributed by atoms with E-state index in [0.717, 1.165) is 30.5 Å². The Labute approximate surface area is 147 Å². The van der Waals surface area contributed by atoms with Gasteiger partial charge in [-0.15, -0.1) is 0 Å².